The number of aryl methyl sites for hydroxylation is 1. The maximum atomic E-state index is 10.9. The van der Waals surface area contributed by atoms with Crippen LogP contribution in [0.1, 0.15) is 111 Å². The van der Waals surface area contributed by atoms with Crippen molar-refractivity contribution in [1.29, 1.82) is 0 Å². The molecule has 0 aliphatic heterocycles. The van der Waals surface area contributed by atoms with E-state index in [4.69, 9.17) is 4.74 Å². The molecule has 31 heavy (non-hydrogen) atoms. The summed E-state index contributed by atoms with van der Waals surface area (Å²) in [4.78, 5) is 0. The van der Waals surface area contributed by atoms with E-state index in [1.54, 1.807) is 0 Å². The lowest BCUT2D eigenvalue weighted by Crippen LogP contribution is -2.24. The third-order valence-corrected chi connectivity index (χ3v) is 6.90. The SMILES string of the molecule is CCCCCCSCC(CC)OC(O)CCc1cc(C(C)(C)C)c(O)c(C(C)(C)C)c1. The minimum absolute atomic E-state index is 0.0984. The number of aliphatic hydroxyl groups excluding tert-OH is 1. The highest BCUT2D eigenvalue weighted by molar-refractivity contribution is 7.99. The molecule has 0 spiro atoms. The van der Waals surface area contributed by atoms with E-state index in [9.17, 15) is 10.2 Å². The van der Waals surface area contributed by atoms with Crippen LogP contribution in [-0.2, 0) is 22.0 Å². The third-order valence-electron chi connectivity index (χ3n) is 5.72. The van der Waals surface area contributed by atoms with Crippen LogP contribution in [0.3, 0.4) is 0 Å². The van der Waals surface area contributed by atoms with Gasteiger partial charge in [0, 0.05) is 12.2 Å². The van der Waals surface area contributed by atoms with Crippen LogP contribution in [0.25, 0.3) is 0 Å². The monoisotopic (exact) mass is 452 g/mol. The summed E-state index contributed by atoms with van der Waals surface area (Å²) >= 11 is 1.94. The van der Waals surface area contributed by atoms with Gasteiger partial charge >= 0.3 is 0 Å². The predicted molar refractivity (Wildman–Crippen MR) is 136 cm³/mol. The highest BCUT2D eigenvalue weighted by Gasteiger charge is 2.26. The number of ether oxygens (including phenoxy) is 1. The van der Waals surface area contributed by atoms with Gasteiger partial charge in [-0.05, 0) is 52.5 Å². The summed E-state index contributed by atoms with van der Waals surface area (Å²) in [6.45, 7) is 17.1. The van der Waals surface area contributed by atoms with Gasteiger partial charge in [-0.3, -0.25) is 0 Å². The molecule has 0 amide bonds. The average Bonchev–Trinajstić information content (AvgIpc) is 2.67. The number of hydrogen-bond acceptors (Lipinski definition) is 4. The third kappa shape index (κ3) is 10.2. The average molecular weight is 453 g/mol. The number of benzene rings is 1. The van der Waals surface area contributed by atoms with E-state index in [0.717, 1.165) is 35.3 Å². The summed E-state index contributed by atoms with van der Waals surface area (Å²) < 4.78 is 5.95. The van der Waals surface area contributed by atoms with E-state index < -0.39 is 6.29 Å². The topological polar surface area (TPSA) is 49.7 Å². The molecule has 0 aromatic heterocycles. The van der Waals surface area contributed by atoms with Gasteiger partial charge in [0.25, 0.3) is 0 Å². The zero-order valence-corrected chi connectivity index (χ0v) is 22.2. The molecule has 1 rings (SSSR count). The Bertz CT molecular complexity index is 608. The fourth-order valence-electron chi connectivity index (χ4n) is 3.66. The lowest BCUT2D eigenvalue weighted by Gasteiger charge is -2.28. The summed E-state index contributed by atoms with van der Waals surface area (Å²) in [5.74, 6) is 2.53. The largest absolute Gasteiger partial charge is 0.507 e. The van der Waals surface area contributed by atoms with Crippen molar-refractivity contribution in [2.24, 2.45) is 0 Å². The maximum Gasteiger partial charge on any atom is 0.155 e. The second-order valence-corrected chi connectivity index (χ2v) is 12.0. The van der Waals surface area contributed by atoms with Gasteiger partial charge in [-0.2, -0.15) is 11.8 Å². The van der Waals surface area contributed by atoms with E-state index in [2.05, 4.69) is 67.5 Å². The van der Waals surface area contributed by atoms with Crippen LogP contribution < -0.4 is 0 Å². The summed E-state index contributed by atoms with van der Waals surface area (Å²) in [5, 5.41) is 21.4. The van der Waals surface area contributed by atoms with Crippen molar-refractivity contribution in [3.05, 3.63) is 28.8 Å². The predicted octanol–water partition coefficient (Wildman–Crippen LogP) is 7.35. The standard InChI is InChI=1S/C27H48O3S/c1-9-11-12-13-16-31-19-21(10-2)30-24(28)15-14-20-17-22(26(3,4)5)25(29)23(18-20)27(6,7)8/h17-18,21,24,28-29H,9-16,19H2,1-8H3. The first-order valence-electron chi connectivity index (χ1n) is 12.2. The molecule has 180 valence electrons. The fourth-order valence-corrected chi connectivity index (χ4v) is 4.81. The molecule has 1 aromatic carbocycles. The molecular weight excluding hydrogens is 404 g/mol. The first kappa shape index (κ1) is 28.3. The summed E-state index contributed by atoms with van der Waals surface area (Å²) in [7, 11) is 0. The summed E-state index contributed by atoms with van der Waals surface area (Å²) in [6.07, 6.45) is 6.72. The number of aromatic hydroxyl groups is 1. The number of aliphatic hydroxyl groups is 1. The van der Waals surface area contributed by atoms with Crippen molar-refractivity contribution in [2.75, 3.05) is 11.5 Å². The van der Waals surface area contributed by atoms with E-state index in [1.165, 1.54) is 31.4 Å². The number of phenols is 1. The molecule has 3 nitrogen and oxygen atoms in total. The Morgan fingerprint density at radius 3 is 2.00 bits per heavy atom. The Morgan fingerprint density at radius 2 is 1.52 bits per heavy atom. The van der Waals surface area contributed by atoms with Crippen molar-refractivity contribution in [2.45, 2.75) is 124 Å². The maximum absolute atomic E-state index is 10.9. The van der Waals surface area contributed by atoms with Crippen molar-refractivity contribution < 1.29 is 14.9 Å². The molecule has 0 heterocycles. The molecule has 0 bridgehead atoms. The van der Waals surface area contributed by atoms with Gasteiger partial charge in [0.05, 0.1) is 6.10 Å². The minimum atomic E-state index is -0.754. The molecule has 0 radical (unpaired) electrons. The molecule has 0 fully saturated rings. The molecule has 0 aliphatic rings. The van der Waals surface area contributed by atoms with Gasteiger partial charge in [-0.25, -0.2) is 0 Å². The van der Waals surface area contributed by atoms with E-state index in [1.807, 2.05) is 11.8 Å². The number of hydrogen-bond donors (Lipinski definition) is 2. The van der Waals surface area contributed by atoms with E-state index in [0.29, 0.717) is 12.2 Å². The van der Waals surface area contributed by atoms with Crippen molar-refractivity contribution in [1.82, 2.24) is 0 Å². The Hall–Kier alpha value is -0.710. The van der Waals surface area contributed by atoms with E-state index in [-0.39, 0.29) is 16.9 Å². The quantitative estimate of drug-likeness (QED) is 0.243. The molecule has 0 saturated carbocycles. The van der Waals surface area contributed by atoms with Gasteiger partial charge in [0.15, 0.2) is 6.29 Å². The molecule has 0 aliphatic carbocycles. The summed E-state index contributed by atoms with van der Waals surface area (Å²) in [5.41, 5.74) is 2.80. The minimum Gasteiger partial charge on any atom is -0.507 e. The van der Waals surface area contributed by atoms with Crippen LogP contribution in [0.5, 0.6) is 5.75 Å². The summed E-state index contributed by atoms with van der Waals surface area (Å²) in [6, 6.07) is 4.20. The lowest BCUT2D eigenvalue weighted by atomic mass is 9.78. The highest BCUT2D eigenvalue weighted by Crippen LogP contribution is 2.40. The fraction of sp³-hybridized carbons (Fsp3) is 0.778. The van der Waals surface area contributed by atoms with E-state index >= 15 is 0 Å². The molecule has 2 atom stereocenters. The molecule has 2 N–H and O–H groups in total. The normalized spacial score (nSPS) is 14.6. The van der Waals surface area contributed by atoms with Crippen LogP contribution in [0.15, 0.2) is 12.1 Å². The Balaban J connectivity index is 2.70. The van der Waals surface area contributed by atoms with Gasteiger partial charge < -0.3 is 14.9 Å². The van der Waals surface area contributed by atoms with Crippen molar-refractivity contribution in [3.8, 4) is 5.75 Å². The van der Waals surface area contributed by atoms with Gasteiger partial charge in [0.1, 0.15) is 5.75 Å². The number of thioether (sulfide) groups is 1. The molecule has 0 saturated heterocycles. The van der Waals surface area contributed by atoms with Gasteiger partial charge in [-0.1, -0.05) is 86.8 Å². The van der Waals surface area contributed by atoms with Crippen LogP contribution in [0.2, 0.25) is 0 Å². The second kappa shape index (κ2) is 13.1. The van der Waals surface area contributed by atoms with Gasteiger partial charge in [0.2, 0.25) is 0 Å². The molecule has 2 unspecified atom stereocenters. The Labute approximate surface area is 196 Å². The zero-order chi connectivity index (χ0) is 23.7. The highest BCUT2D eigenvalue weighted by atomic mass is 32.2. The lowest BCUT2D eigenvalue weighted by molar-refractivity contribution is -0.132. The number of unbranched alkanes of at least 4 members (excludes halogenated alkanes) is 3. The first-order valence-corrected chi connectivity index (χ1v) is 13.3. The van der Waals surface area contributed by atoms with Gasteiger partial charge in [-0.15, -0.1) is 0 Å². The molecular formula is C27H48O3S. The number of rotatable bonds is 13. The smallest absolute Gasteiger partial charge is 0.155 e. The van der Waals surface area contributed by atoms with Crippen LogP contribution >= 0.6 is 11.8 Å². The Morgan fingerprint density at radius 1 is 0.935 bits per heavy atom. The Kier molecular flexibility index (Phi) is 12.0. The van der Waals surface area contributed by atoms with Crippen LogP contribution in [0, 0.1) is 0 Å². The first-order chi connectivity index (χ1) is 14.4. The second-order valence-electron chi connectivity index (χ2n) is 10.8. The number of phenolic OH excluding ortho intramolecular Hbond substituents is 1. The van der Waals surface area contributed by atoms with Crippen LogP contribution in [-0.4, -0.2) is 34.1 Å². The van der Waals surface area contributed by atoms with Crippen LogP contribution in [0.4, 0.5) is 0 Å². The van der Waals surface area contributed by atoms with Crippen molar-refractivity contribution in [3.63, 3.8) is 0 Å². The zero-order valence-electron chi connectivity index (χ0n) is 21.4. The van der Waals surface area contributed by atoms with Crippen molar-refractivity contribution >= 4 is 11.8 Å². The molecule has 4 heteroatoms. The molecule has 1 aromatic rings.